The molecule has 0 spiro atoms. The van der Waals surface area contributed by atoms with Crippen molar-refractivity contribution in [2.24, 2.45) is 4.99 Å². The molecule has 0 aromatic heterocycles. The Bertz CT molecular complexity index is 215. The lowest BCUT2D eigenvalue weighted by Crippen LogP contribution is -2.22. The predicted molar refractivity (Wildman–Crippen MR) is 55.0 cm³/mol. The Balaban J connectivity index is 4.11. The number of alkyl halides is 3. The molecule has 0 radical (unpaired) electrons. The number of aliphatic imine (C=N–C) groups is 1. The molecule has 0 unspecified atom stereocenters. The topological polar surface area (TPSA) is 38.7 Å². The summed E-state index contributed by atoms with van der Waals surface area (Å²) >= 11 is 16.0. The van der Waals surface area contributed by atoms with Crippen molar-refractivity contribution < 1.29 is 9.53 Å². The molecule has 0 heterocycles. The van der Waals surface area contributed by atoms with Crippen molar-refractivity contribution in [1.29, 1.82) is 0 Å². The lowest BCUT2D eigenvalue weighted by atomic mass is 10.2. The highest BCUT2D eigenvalue weighted by Gasteiger charge is 2.19. The quantitative estimate of drug-likeness (QED) is 0.485. The molecule has 0 aromatic carbocycles. The molecule has 0 bridgehead atoms. The SMILES string of the molecule is CC(C)(C)OC(=O)N=CC(Cl)(Cl)Cl. The van der Waals surface area contributed by atoms with Crippen LogP contribution in [0.5, 0.6) is 0 Å². The highest BCUT2D eigenvalue weighted by Crippen LogP contribution is 2.23. The van der Waals surface area contributed by atoms with E-state index in [0.717, 1.165) is 6.21 Å². The van der Waals surface area contributed by atoms with E-state index in [4.69, 9.17) is 39.5 Å². The lowest BCUT2D eigenvalue weighted by molar-refractivity contribution is 0.0605. The molecule has 0 aliphatic carbocycles. The van der Waals surface area contributed by atoms with E-state index in [9.17, 15) is 4.79 Å². The number of nitrogens with zero attached hydrogens (tertiary/aromatic N) is 1. The van der Waals surface area contributed by atoms with Crippen LogP contribution in [0.3, 0.4) is 0 Å². The van der Waals surface area contributed by atoms with Crippen LogP contribution in [0.25, 0.3) is 0 Å². The Morgan fingerprint density at radius 1 is 1.31 bits per heavy atom. The lowest BCUT2D eigenvalue weighted by Gasteiger charge is -2.17. The van der Waals surface area contributed by atoms with Gasteiger partial charge in [0.15, 0.2) is 0 Å². The third-order valence-corrected chi connectivity index (χ3v) is 1.00. The monoisotopic (exact) mass is 245 g/mol. The Kier molecular flexibility index (Phi) is 4.49. The maximum Gasteiger partial charge on any atom is 0.433 e. The minimum atomic E-state index is -1.67. The van der Waals surface area contributed by atoms with E-state index >= 15 is 0 Å². The normalized spacial score (nSPS) is 13.4. The fourth-order valence-corrected chi connectivity index (χ4v) is 0.561. The van der Waals surface area contributed by atoms with Gasteiger partial charge in [-0.2, -0.15) is 4.99 Å². The summed E-state index contributed by atoms with van der Waals surface area (Å²) in [5, 5.41) is 0. The highest BCUT2D eigenvalue weighted by atomic mass is 35.6. The molecule has 13 heavy (non-hydrogen) atoms. The van der Waals surface area contributed by atoms with Crippen LogP contribution < -0.4 is 0 Å². The molecular weight excluding hydrogens is 236 g/mol. The zero-order chi connectivity index (χ0) is 10.7. The van der Waals surface area contributed by atoms with Crippen molar-refractivity contribution >= 4 is 47.1 Å². The fourth-order valence-electron chi connectivity index (χ4n) is 0.414. The molecule has 3 nitrogen and oxygen atoms in total. The molecule has 0 N–H and O–H groups in total. The fraction of sp³-hybridized carbons (Fsp3) is 0.714. The number of hydrogen-bond acceptors (Lipinski definition) is 2. The first-order valence-corrected chi connectivity index (χ1v) is 4.58. The van der Waals surface area contributed by atoms with Crippen molar-refractivity contribution in [3.63, 3.8) is 0 Å². The number of carbonyl (C=O) groups is 1. The van der Waals surface area contributed by atoms with Crippen LogP contribution in [0.2, 0.25) is 0 Å². The summed E-state index contributed by atoms with van der Waals surface area (Å²) in [6, 6.07) is 0. The Morgan fingerprint density at radius 2 is 1.77 bits per heavy atom. The summed E-state index contributed by atoms with van der Waals surface area (Å²) in [6.45, 7) is 5.15. The van der Waals surface area contributed by atoms with Crippen LogP contribution in [0.15, 0.2) is 4.99 Å². The van der Waals surface area contributed by atoms with Gasteiger partial charge in [0.05, 0.1) is 6.21 Å². The largest absolute Gasteiger partial charge is 0.442 e. The number of amides is 1. The maximum absolute atomic E-state index is 10.9. The second-order valence-electron chi connectivity index (χ2n) is 3.28. The van der Waals surface area contributed by atoms with E-state index in [0.29, 0.717) is 0 Å². The Morgan fingerprint density at radius 3 is 2.08 bits per heavy atom. The summed E-state index contributed by atoms with van der Waals surface area (Å²) in [5.41, 5.74) is -0.595. The van der Waals surface area contributed by atoms with Crippen LogP contribution in [0, 0.1) is 0 Å². The highest BCUT2D eigenvalue weighted by molar-refractivity contribution is 6.74. The molecule has 0 aliphatic heterocycles. The van der Waals surface area contributed by atoms with Crippen LogP contribution in [-0.2, 0) is 4.74 Å². The average Bonchev–Trinajstić information content (AvgIpc) is 1.78. The Labute approximate surface area is 92.0 Å². The van der Waals surface area contributed by atoms with Crippen LogP contribution in [0.4, 0.5) is 4.79 Å². The number of hydrogen-bond donors (Lipinski definition) is 0. The summed E-state index contributed by atoms with van der Waals surface area (Å²) < 4.78 is 3.15. The van der Waals surface area contributed by atoms with Gasteiger partial charge in [-0.3, -0.25) is 0 Å². The van der Waals surface area contributed by atoms with E-state index in [1.54, 1.807) is 20.8 Å². The second kappa shape index (κ2) is 4.49. The van der Waals surface area contributed by atoms with Crippen LogP contribution >= 0.6 is 34.8 Å². The van der Waals surface area contributed by atoms with E-state index in [1.165, 1.54) is 0 Å². The molecular formula is C7H10Cl3NO2. The zero-order valence-corrected chi connectivity index (χ0v) is 9.74. The minimum Gasteiger partial charge on any atom is -0.442 e. The number of carbonyl (C=O) groups excluding carboxylic acids is 1. The number of rotatable bonds is 0. The third kappa shape index (κ3) is 9.93. The maximum atomic E-state index is 10.9. The van der Waals surface area contributed by atoms with Gasteiger partial charge in [0.1, 0.15) is 5.60 Å². The molecule has 0 saturated carbocycles. The third-order valence-electron chi connectivity index (χ3n) is 0.710. The molecule has 76 valence electrons. The molecule has 1 amide bonds. The first-order valence-electron chi connectivity index (χ1n) is 3.45. The molecule has 0 saturated heterocycles. The van der Waals surface area contributed by atoms with Crippen molar-refractivity contribution in [3.05, 3.63) is 0 Å². The second-order valence-corrected chi connectivity index (χ2v) is 5.65. The van der Waals surface area contributed by atoms with Gasteiger partial charge in [-0.05, 0) is 20.8 Å². The van der Waals surface area contributed by atoms with Crippen molar-refractivity contribution in [3.8, 4) is 0 Å². The smallest absolute Gasteiger partial charge is 0.433 e. The summed E-state index contributed by atoms with van der Waals surface area (Å²) in [5.74, 6) is 0. The number of ether oxygens (including phenoxy) is 1. The van der Waals surface area contributed by atoms with Gasteiger partial charge >= 0.3 is 6.09 Å². The molecule has 0 rings (SSSR count). The van der Waals surface area contributed by atoms with Crippen LogP contribution in [-0.4, -0.2) is 21.7 Å². The first kappa shape index (κ1) is 13.0. The standard InChI is InChI=1S/C7H10Cl3NO2/c1-6(2,3)13-5(12)11-4-7(8,9)10/h4H,1-3H3. The van der Waals surface area contributed by atoms with E-state index < -0.39 is 15.5 Å². The van der Waals surface area contributed by atoms with Gasteiger partial charge in [0, 0.05) is 0 Å². The molecule has 0 aliphatic rings. The van der Waals surface area contributed by atoms with Crippen LogP contribution in [0.1, 0.15) is 20.8 Å². The molecule has 0 fully saturated rings. The minimum absolute atomic E-state index is 0.595. The van der Waals surface area contributed by atoms with Gasteiger partial charge < -0.3 is 4.74 Å². The summed E-state index contributed by atoms with van der Waals surface area (Å²) in [4.78, 5) is 14.2. The van der Waals surface area contributed by atoms with Gasteiger partial charge in [-0.25, -0.2) is 4.79 Å². The first-order chi connectivity index (χ1) is 5.60. The van der Waals surface area contributed by atoms with Gasteiger partial charge in [-0.15, -0.1) is 0 Å². The van der Waals surface area contributed by atoms with Crippen molar-refractivity contribution in [2.75, 3.05) is 0 Å². The Hall–Kier alpha value is 0.01000. The van der Waals surface area contributed by atoms with Crippen molar-refractivity contribution in [1.82, 2.24) is 0 Å². The molecule has 6 heteroatoms. The summed E-state index contributed by atoms with van der Waals surface area (Å²) in [7, 11) is 0. The predicted octanol–water partition coefficient (Wildman–Crippen LogP) is 3.36. The molecule has 0 aromatic rings. The van der Waals surface area contributed by atoms with Gasteiger partial charge in [0.2, 0.25) is 3.79 Å². The van der Waals surface area contributed by atoms with Gasteiger partial charge in [-0.1, -0.05) is 34.8 Å². The van der Waals surface area contributed by atoms with E-state index in [-0.39, 0.29) is 0 Å². The zero-order valence-electron chi connectivity index (χ0n) is 7.47. The molecule has 0 atom stereocenters. The van der Waals surface area contributed by atoms with E-state index in [2.05, 4.69) is 4.99 Å². The average molecular weight is 247 g/mol. The van der Waals surface area contributed by atoms with Crippen molar-refractivity contribution in [2.45, 2.75) is 30.2 Å². The summed E-state index contributed by atoms with van der Waals surface area (Å²) in [6.07, 6.45) is 0.116. The number of halogens is 3. The van der Waals surface area contributed by atoms with Gasteiger partial charge in [0.25, 0.3) is 0 Å². The van der Waals surface area contributed by atoms with E-state index in [1.807, 2.05) is 0 Å².